The van der Waals surface area contributed by atoms with Crippen molar-refractivity contribution in [3.8, 4) is 55.6 Å². The summed E-state index contributed by atoms with van der Waals surface area (Å²) in [5.41, 5.74) is 17.8. The molecule has 0 saturated carbocycles. The fourth-order valence-electron chi connectivity index (χ4n) is 8.45. The molecule has 0 heterocycles. The number of fused-ring (bicyclic) bond motifs is 2. The van der Waals surface area contributed by atoms with Crippen LogP contribution in [-0.2, 0) is 0 Å². The quantitative estimate of drug-likeness (QED) is 0.113. The van der Waals surface area contributed by atoms with Gasteiger partial charge in [-0.15, -0.1) is 0 Å². The highest BCUT2D eigenvalue weighted by Gasteiger charge is 2.21. The van der Waals surface area contributed by atoms with Crippen molar-refractivity contribution >= 4 is 32.9 Å². The second-order valence-electron chi connectivity index (χ2n) is 15.6. The molecule has 0 N–H and O–H groups in total. The summed E-state index contributed by atoms with van der Waals surface area (Å²) in [7, 11) is 0. The van der Waals surface area contributed by atoms with Crippen molar-refractivity contribution in [2.75, 3.05) is 0 Å². The molecule has 61 heavy (non-hydrogen) atoms. The summed E-state index contributed by atoms with van der Waals surface area (Å²) in [6.45, 7) is 6.28. The highest BCUT2D eigenvalue weighted by atomic mass is 14.7. The van der Waals surface area contributed by atoms with Crippen LogP contribution in [0.4, 0.5) is 5.69 Å². The summed E-state index contributed by atoms with van der Waals surface area (Å²) in [5.74, 6) is 0. The topological polar surface area (TPSA) is 12.4 Å². The van der Waals surface area contributed by atoms with E-state index in [9.17, 15) is 0 Å². The Morgan fingerprint density at radius 3 is 1.28 bits per heavy atom. The highest BCUT2D eigenvalue weighted by molar-refractivity contribution is 6.24. The Morgan fingerprint density at radius 1 is 0.328 bits per heavy atom. The second-order valence-corrected chi connectivity index (χ2v) is 15.6. The minimum absolute atomic E-state index is 1.00. The standard InChI is InChI=1S/C53H39N.C7H8/c1-36-17-9-16-28-51(36)54-37(2)38-29-31-39(32-30-38)42-33-34-49-50(35-42)53(46-25-13-11-23-44(46)41-20-7-4-8-21-41)48-27-15-14-26-47(48)52(49)45-24-12-10-22-43(45)40-18-5-3-6-19-40;1-7-5-3-2-4-6-7/h3-35H,1-2H3;2-6H,1H3. The van der Waals surface area contributed by atoms with Gasteiger partial charge in [0.25, 0.3) is 0 Å². The number of hydrogen-bond acceptors (Lipinski definition) is 1. The van der Waals surface area contributed by atoms with Gasteiger partial charge in [0.1, 0.15) is 0 Å². The number of para-hydroxylation sites is 1. The van der Waals surface area contributed by atoms with Gasteiger partial charge >= 0.3 is 0 Å². The summed E-state index contributed by atoms with van der Waals surface area (Å²) in [6, 6.07) is 82.7. The maximum atomic E-state index is 4.96. The summed E-state index contributed by atoms with van der Waals surface area (Å²) < 4.78 is 0. The van der Waals surface area contributed by atoms with Crippen molar-refractivity contribution in [1.29, 1.82) is 0 Å². The average molecular weight is 782 g/mol. The number of hydrogen-bond donors (Lipinski definition) is 0. The molecule has 0 unspecified atom stereocenters. The van der Waals surface area contributed by atoms with Crippen LogP contribution in [0.1, 0.15) is 23.6 Å². The van der Waals surface area contributed by atoms with E-state index in [4.69, 9.17) is 4.99 Å². The zero-order valence-corrected chi connectivity index (χ0v) is 34.9. The third-order valence-corrected chi connectivity index (χ3v) is 11.6. The fraction of sp³-hybridized carbons (Fsp3) is 0.0500. The smallest absolute Gasteiger partial charge is 0.0662 e. The van der Waals surface area contributed by atoms with Gasteiger partial charge in [-0.05, 0) is 121 Å². The normalized spacial score (nSPS) is 11.3. The average Bonchev–Trinajstić information content (AvgIpc) is 3.32. The largest absolute Gasteiger partial charge is 0.253 e. The molecule has 1 heteroatoms. The van der Waals surface area contributed by atoms with Crippen molar-refractivity contribution < 1.29 is 0 Å². The predicted molar refractivity (Wildman–Crippen MR) is 263 cm³/mol. The van der Waals surface area contributed by atoms with Gasteiger partial charge in [-0.2, -0.15) is 0 Å². The molecule has 0 aliphatic heterocycles. The molecule has 0 amide bonds. The highest BCUT2D eigenvalue weighted by Crippen LogP contribution is 2.48. The Balaban J connectivity index is 0.000000620. The molecular weight excluding hydrogens is 735 g/mol. The lowest BCUT2D eigenvalue weighted by atomic mass is 9.81. The predicted octanol–water partition coefficient (Wildman–Crippen LogP) is 16.8. The number of aliphatic imine (C=N–C) groups is 1. The first kappa shape index (κ1) is 38.9. The number of nitrogens with zero attached hydrogens (tertiary/aromatic N) is 1. The van der Waals surface area contributed by atoms with Crippen LogP contribution in [0.25, 0.3) is 77.2 Å². The van der Waals surface area contributed by atoms with E-state index in [1.807, 2.05) is 24.3 Å². The van der Waals surface area contributed by atoms with Gasteiger partial charge in [-0.3, -0.25) is 4.99 Å². The van der Waals surface area contributed by atoms with Crippen LogP contribution in [0.15, 0.2) is 236 Å². The third-order valence-electron chi connectivity index (χ3n) is 11.6. The van der Waals surface area contributed by atoms with Crippen LogP contribution in [0.5, 0.6) is 0 Å². The molecule has 0 fully saturated rings. The Labute approximate surface area is 360 Å². The lowest BCUT2D eigenvalue weighted by Gasteiger charge is -2.21. The molecule has 292 valence electrons. The van der Waals surface area contributed by atoms with Gasteiger partial charge in [-0.1, -0.05) is 224 Å². The van der Waals surface area contributed by atoms with E-state index >= 15 is 0 Å². The third kappa shape index (κ3) is 8.20. The SMILES string of the molecule is CC(=Nc1ccccc1C)c1ccc(-c2ccc3c(-c4ccccc4-c4ccccc4)c4ccccc4c(-c4ccccc4-c4ccccc4)c3c2)cc1.Cc1ccccc1. The maximum Gasteiger partial charge on any atom is 0.0662 e. The molecule has 0 saturated heterocycles. The first-order valence-electron chi connectivity index (χ1n) is 21.0. The summed E-state index contributed by atoms with van der Waals surface area (Å²) in [4.78, 5) is 4.96. The molecule has 10 aromatic carbocycles. The number of benzene rings is 10. The summed E-state index contributed by atoms with van der Waals surface area (Å²) in [5, 5.41) is 4.94. The molecule has 10 rings (SSSR count). The van der Waals surface area contributed by atoms with Gasteiger partial charge in [-0.25, -0.2) is 0 Å². The molecule has 0 atom stereocenters. The van der Waals surface area contributed by atoms with Gasteiger partial charge in [0.2, 0.25) is 0 Å². The van der Waals surface area contributed by atoms with Crippen LogP contribution in [0.3, 0.4) is 0 Å². The maximum absolute atomic E-state index is 4.96. The van der Waals surface area contributed by atoms with E-state index in [1.54, 1.807) is 0 Å². The van der Waals surface area contributed by atoms with Gasteiger partial charge < -0.3 is 0 Å². The second kappa shape index (κ2) is 17.7. The van der Waals surface area contributed by atoms with E-state index in [1.165, 1.54) is 88.3 Å². The van der Waals surface area contributed by atoms with Gasteiger partial charge in [0.15, 0.2) is 0 Å². The first-order valence-corrected chi connectivity index (χ1v) is 21.0. The molecule has 1 nitrogen and oxygen atoms in total. The van der Waals surface area contributed by atoms with Crippen LogP contribution in [0, 0.1) is 13.8 Å². The summed E-state index contributed by atoms with van der Waals surface area (Å²) >= 11 is 0. The van der Waals surface area contributed by atoms with Crippen molar-refractivity contribution in [2.24, 2.45) is 4.99 Å². The van der Waals surface area contributed by atoms with Crippen LogP contribution >= 0.6 is 0 Å². The Kier molecular flexibility index (Phi) is 11.3. The van der Waals surface area contributed by atoms with E-state index in [2.05, 4.69) is 227 Å². The molecule has 0 aliphatic rings. The first-order chi connectivity index (χ1) is 30.0. The Bertz CT molecular complexity index is 3120. The Hall–Kier alpha value is -7.61. The van der Waals surface area contributed by atoms with Crippen molar-refractivity contribution in [2.45, 2.75) is 20.8 Å². The van der Waals surface area contributed by atoms with Crippen LogP contribution < -0.4 is 0 Å². The lowest BCUT2D eigenvalue weighted by Crippen LogP contribution is -1.95. The van der Waals surface area contributed by atoms with E-state index in [0.717, 1.165) is 17.0 Å². The van der Waals surface area contributed by atoms with E-state index in [0.29, 0.717) is 0 Å². The number of rotatable bonds is 7. The van der Waals surface area contributed by atoms with Gasteiger partial charge in [0, 0.05) is 5.71 Å². The van der Waals surface area contributed by atoms with Crippen molar-refractivity contribution in [1.82, 2.24) is 0 Å². The Morgan fingerprint density at radius 2 is 0.754 bits per heavy atom. The zero-order chi connectivity index (χ0) is 41.5. The molecule has 0 aromatic heterocycles. The molecule has 0 spiro atoms. The summed E-state index contributed by atoms with van der Waals surface area (Å²) in [6.07, 6.45) is 0. The monoisotopic (exact) mass is 781 g/mol. The van der Waals surface area contributed by atoms with E-state index < -0.39 is 0 Å². The molecule has 0 radical (unpaired) electrons. The minimum atomic E-state index is 1.00. The minimum Gasteiger partial charge on any atom is -0.253 e. The van der Waals surface area contributed by atoms with E-state index in [-0.39, 0.29) is 0 Å². The van der Waals surface area contributed by atoms with Crippen molar-refractivity contribution in [3.05, 3.63) is 247 Å². The molecule has 10 aromatic rings. The van der Waals surface area contributed by atoms with Gasteiger partial charge in [0.05, 0.1) is 5.69 Å². The van der Waals surface area contributed by atoms with Crippen molar-refractivity contribution in [3.63, 3.8) is 0 Å². The molecular formula is C60H47N. The van der Waals surface area contributed by atoms with Crippen LogP contribution in [0.2, 0.25) is 0 Å². The number of aryl methyl sites for hydroxylation is 2. The lowest BCUT2D eigenvalue weighted by molar-refractivity contribution is 1.38. The fourth-order valence-corrected chi connectivity index (χ4v) is 8.45. The zero-order valence-electron chi connectivity index (χ0n) is 34.9. The molecule has 0 aliphatic carbocycles. The molecule has 0 bridgehead atoms. The van der Waals surface area contributed by atoms with Crippen LogP contribution in [-0.4, -0.2) is 5.71 Å².